The van der Waals surface area contributed by atoms with Gasteiger partial charge < -0.3 is 20.5 Å². The number of carbonyl (C=O) groups is 1. The number of nitrogens with zero attached hydrogens (tertiary/aromatic N) is 1. The number of methoxy groups -OCH3 is 2. The quantitative estimate of drug-likeness (QED) is 0.753. The fraction of sp³-hybridized carbons (Fsp3) is 0.474. The van der Waals surface area contributed by atoms with Crippen molar-refractivity contribution in [3.05, 3.63) is 28.6 Å². The average molecular weight is 373 g/mol. The molecule has 2 bridgehead atoms. The lowest BCUT2D eigenvalue weighted by Crippen LogP contribution is -2.25. The van der Waals surface area contributed by atoms with Gasteiger partial charge in [0.25, 0.3) is 0 Å². The summed E-state index contributed by atoms with van der Waals surface area (Å²) in [7, 11) is 3.11. The largest absolute Gasteiger partial charge is 0.493 e. The van der Waals surface area contributed by atoms with Crippen molar-refractivity contribution in [3.8, 4) is 11.5 Å². The molecule has 2 aromatic rings. The Morgan fingerprint density at radius 3 is 2.69 bits per heavy atom. The van der Waals surface area contributed by atoms with Crippen LogP contribution in [0.15, 0.2) is 18.2 Å². The van der Waals surface area contributed by atoms with Gasteiger partial charge in [0.1, 0.15) is 10.7 Å². The first-order chi connectivity index (χ1) is 12.6. The van der Waals surface area contributed by atoms with E-state index in [9.17, 15) is 4.79 Å². The molecule has 26 heavy (non-hydrogen) atoms. The number of ketones is 1. The number of anilines is 2. The van der Waals surface area contributed by atoms with Gasteiger partial charge in [-0.25, -0.2) is 4.98 Å². The Bertz CT molecular complexity index is 835. The molecule has 1 aromatic heterocycles. The summed E-state index contributed by atoms with van der Waals surface area (Å²) in [5.41, 5.74) is 6.54. The molecular formula is C19H23N3O3S. The second-order valence-corrected chi connectivity index (χ2v) is 8.06. The van der Waals surface area contributed by atoms with Crippen molar-refractivity contribution in [2.45, 2.75) is 31.7 Å². The Balaban J connectivity index is 1.54. The van der Waals surface area contributed by atoms with Gasteiger partial charge >= 0.3 is 0 Å². The van der Waals surface area contributed by atoms with Gasteiger partial charge in [-0.15, -0.1) is 0 Å². The second-order valence-electron chi connectivity index (χ2n) is 7.06. The molecule has 3 N–H and O–H groups in total. The van der Waals surface area contributed by atoms with Crippen molar-refractivity contribution < 1.29 is 14.3 Å². The molecule has 2 aliphatic rings. The van der Waals surface area contributed by atoms with Crippen molar-refractivity contribution in [2.75, 3.05) is 25.3 Å². The zero-order chi connectivity index (χ0) is 18.3. The molecule has 1 aromatic carbocycles. The van der Waals surface area contributed by atoms with Gasteiger partial charge in [0.05, 0.1) is 14.2 Å². The number of nitrogen functional groups attached to an aromatic ring is 1. The summed E-state index contributed by atoms with van der Waals surface area (Å²) in [4.78, 5) is 17.7. The predicted octanol–water partition coefficient (Wildman–Crippen LogP) is 3.57. The normalized spacial score (nSPS) is 23.8. The number of ether oxygens (including phenoxy) is 2. The molecule has 138 valence electrons. The van der Waals surface area contributed by atoms with Crippen LogP contribution in [-0.2, 0) is 0 Å². The third-order valence-electron chi connectivity index (χ3n) is 5.55. The molecule has 7 heteroatoms. The molecule has 0 radical (unpaired) electrons. The number of hydrogen-bond donors (Lipinski definition) is 2. The van der Waals surface area contributed by atoms with Crippen molar-refractivity contribution >= 4 is 28.1 Å². The maximum Gasteiger partial charge on any atom is 0.206 e. The number of thiazole rings is 1. The van der Waals surface area contributed by atoms with Crippen LogP contribution in [0.1, 0.15) is 40.9 Å². The molecule has 0 spiro atoms. The zero-order valence-electron chi connectivity index (χ0n) is 15.0. The van der Waals surface area contributed by atoms with Crippen molar-refractivity contribution in [3.63, 3.8) is 0 Å². The summed E-state index contributed by atoms with van der Waals surface area (Å²) < 4.78 is 10.5. The highest BCUT2D eigenvalue weighted by Gasteiger charge is 2.39. The van der Waals surface area contributed by atoms with E-state index in [0.717, 1.165) is 17.0 Å². The highest BCUT2D eigenvalue weighted by atomic mass is 32.1. The molecule has 3 atom stereocenters. The third-order valence-corrected chi connectivity index (χ3v) is 6.55. The van der Waals surface area contributed by atoms with Crippen molar-refractivity contribution in [1.82, 2.24) is 4.98 Å². The monoisotopic (exact) mass is 373 g/mol. The summed E-state index contributed by atoms with van der Waals surface area (Å²) >= 11 is 1.33. The summed E-state index contributed by atoms with van der Waals surface area (Å²) in [5, 5.41) is 4.25. The minimum absolute atomic E-state index is 0.151. The minimum Gasteiger partial charge on any atom is -0.493 e. The van der Waals surface area contributed by atoms with Crippen LogP contribution < -0.4 is 20.5 Å². The molecule has 0 saturated heterocycles. The number of fused-ring (bicyclic) bond motifs is 2. The van der Waals surface area contributed by atoms with E-state index in [1.54, 1.807) is 32.4 Å². The standard InChI is InChI=1S/C19H23N3O3S/c1-24-14-6-5-12(9-15(14)25-2)16(23)17-18(20)22-19(26-17)21-13-8-10-3-4-11(13)7-10/h5-6,9-11,13H,3-4,7-8,20H2,1-2H3,(H,21,22)/t10?,11?,13-/m0/s1. The lowest BCUT2D eigenvalue weighted by molar-refractivity contribution is 0.104. The van der Waals surface area contributed by atoms with Crippen LogP contribution in [0, 0.1) is 11.8 Å². The Morgan fingerprint density at radius 1 is 1.23 bits per heavy atom. The van der Waals surface area contributed by atoms with E-state index in [1.807, 2.05) is 0 Å². The maximum absolute atomic E-state index is 12.9. The van der Waals surface area contributed by atoms with Gasteiger partial charge in [-0.2, -0.15) is 0 Å². The number of aromatic nitrogens is 1. The Morgan fingerprint density at radius 2 is 2.04 bits per heavy atom. The first-order valence-corrected chi connectivity index (χ1v) is 9.70. The molecule has 2 aliphatic carbocycles. The van der Waals surface area contributed by atoms with Crippen LogP contribution in [0.4, 0.5) is 10.9 Å². The fourth-order valence-corrected chi connectivity index (χ4v) is 5.15. The second kappa shape index (κ2) is 6.79. The topological polar surface area (TPSA) is 86.5 Å². The summed E-state index contributed by atoms with van der Waals surface area (Å²) in [5.74, 6) is 2.81. The first-order valence-electron chi connectivity index (χ1n) is 8.88. The number of hydrogen-bond acceptors (Lipinski definition) is 7. The summed E-state index contributed by atoms with van der Waals surface area (Å²) in [6.07, 6.45) is 5.16. The van der Waals surface area contributed by atoms with E-state index < -0.39 is 0 Å². The van der Waals surface area contributed by atoms with Crippen LogP contribution in [0.3, 0.4) is 0 Å². The fourth-order valence-electron chi connectivity index (χ4n) is 4.25. The smallest absolute Gasteiger partial charge is 0.206 e. The van der Waals surface area contributed by atoms with E-state index in [2.05, 4.69) is 10.3 Å². The van der Waals surface area contributed by atoms with E-state index in [1.165, 1.54) is 37.0 Å². The van der Waals surface area contributed by atoms with Crippen LogP contribution in [0.5, 0.6) is 11.5 Å². The molecule has 0 amide bonds. The highest BCUT2D eigenvalue weighted by Crippen LogP contribution is 2.46. The zero-order valence-corrected chi connectivity index (χ0v) is 15.8. The van der Waals surface area contributed by atoms with Gasteiger partial charge in [-0.1, -0.05) is 17.8 Å². The molecular weight excluding hydrogens is 350 g/mol. The minimum atomic E-state index is -0.151. The van der Waals surface area contributed by atoms with E-state index in [4.69, 9.17) is 15.2 Å². The summed E-state index contributed by atoms with van der Waals surface area (Å²) in [6.45, 7) is 0. The van der Waals surface area contributed by atoms with Gasteiger partial charge in [-0.05, 0) is 49.3 Å². The number of benzene rings is 1. The molecule has 2 unspecified atom stereocenters. The molecule has 2 saturated carbocycles. The van der Waals surface area contributed by atoms with Crippen molar-refractivity contribution in [1.29, 1.82) is 0 Å². The van der Waals surface area contributed by atoms with Crippen molar-refractivity contribution in [2.24, 2.45) is 11.8 Å². The van der Waals surface area contributed by atoms with E-state index >= 15 is 0 Å². The Hall–Kier alpha value is -2.28. The summed E-state index contributed by atoms with van der Waals surface area (Å²) in [6, 6.07) is 5.57. The molecule has 2 fully saturated rings. The van der Waals surface area contributed by atoms with Crippen LogP contribution in [0.2, 0.25) is 0 Å². The van der Waals surface area contributed by atoms with Gasteiger partial charge in [0.2, 0.25) is 5.78 Å². The maximum atomic E-state index is 12.9. The predicted molar refractivity (Wildman–Crippen MR) is 102 cm³/mol. The molecule has 4 rings (SSSR count). The van der Waals surface area contributed by atoms with E-state index in [-0.39, 0.29) is 11.6 Å². The number of nitrogens with one attached hydrogen (secondary N) is 1. The molecule has 0 aliphatic heterocycles. The first kappa shape index (κ1) is 17.1. The van der Waals surface area contributed by atoms with Crippen LogP contribution in [-0.4, -0.2) is 31.0 Å². The lowest BCUT2D eigenvalue weighted by atomic mass is 9.96. The van der Waals surface area contributed by atoms with Crippen LogP contribution in [0.25, 0.3) is 0 Å². The van der Waals surface area contributed by atoms with E-state index in [0.29, 0.717) is 28.0 Å². The number of rotatable bonds is 6. The lowest BCUT2D eigenvalue weighted by Gasteiger charge is -2.22. The molecule has 1 heterocycles. The van der Waals surface area contributed by atoms with Crippen LogP contribution >= 0.6 is 11.3 Å². The SMILES string of the molecule is COc1ccc(C(=O)c2sc(N[C@H]3CC4CCC3C4)nc2N)cc1OC. The van der Waals surface area contributed by atoms with Gasteiger partial charge in [0.15, 0.2) is 16.6 Å². The van der Waals surface area contributed by atoms with Gasteiger partial charge in [-0.3, -0.25) is 4.79 Å². The average Bonchev–Trinajstić information content (AvgIpc) is 3.36. The number of nitrogens with two attached hydrogens (primary N) is 1. The van der Waals surface area contributed by atoms with Gasteiger partial charge in [0, 0.05) is 11.6 Å². The Labute approximate surface area is 156 Å². The third kappa shape index (κ3) is 3.00. The molecule has 6 nitrogen and oxygen atoms in total. The number of carbonyl (C=O) groups excluding carboxylic acids is 1. The highest BCUT2D eigenvalue weighted by molar-refractivity contribution is 7.18. The Kier molecular flexibility index (Phi) is 4.48.